The van der Waals surface area contributed by atoms with Crippen molar-refractivity contribution in [1.82, 2.24) is 4.57 Å². The molecule has 0 aliphatic rings. The van der Waals surface area contributed by atoms with Gasteiger partial charge in [-0.3, -0.25) is 4.57 Å². The Morgan fingerprint density at radius 2 is 1.61 bits per heavy atom. The van der Waals surface area contributed by atoms with Gasteiger partial charge >= 0.3 is 17.9 Å². The molecule has 4 rings (SSSR count). The summed E-state index contributed by atoms with van der Waals surface area (Å²) in [5, 5.41) is 20.2. The van der Waals surface area contributed by atoms with Gasteiger partial charge in [-0.15, -0.1) is 0 Å². The Morgan fingerprint density at radius 1 is 1.00 bits per heavy atom. The van der Waals surface area contributed by atoms with Gasteiger partial charge in [0.25, 0.3) is 0 Å². The van der Waals surface area contributed by atoms with Gasteiger partial charge in [-0.25, -0.2) is 9.59 Å². The lowest BCUT2D eigenvalue weighted by Crippen LogP contribution is -2.46. The Hall–Kier alpha value is -3.27. The first-order valence-corrected chi connectivity index (χ1v) is 11.2. The summed E-state index contributed by atoms with van der Waals surface area (Å²) in [6.07, 6.45) is -5.11. The van der Waals surface area contributed by atoms with E-state index >= 15 is 0 Å². The maximum absolute atomic E-state index is 14.4. The summed E-state index contributed by atoms with van der Waals surface area (Å²) in [7, 11) is 1.41. The predicted octanol–water partition coefficient (Wildman–Crippen LogP) is 6.36. The van der Waals surface area contributed by atoms with Crippen LogP contribution in [0.1, 0.15) is 34.3 Å². The van der Waals surface area contributed by atoms with Crippen molar-refractivity contribution in [2.45, 2.75) is 24.6 Å². The van der Waals surface area contributed by atoms with Crippen molar-refractivity contribution in [3.05, 3.63) is 91.9 Å². The maximum Gasteiger partial charge on any atom is 0.422 e. The zero-order valence-electron chi connectivity index (χ0n) is 18.7. The zero-order chi connectivity index (χ0) is 26.6. The Labute approximate surface area is 212 Å². The molecule has 2 atom stereocenters. The molecule has 0 bridgehead atoms. The molecule has 2 unspecified atom stereocenters. The number of aromatic nitrogens is 1. The molecule has 0 saturated carbocycles. The van der Waals surface area contributed by atoms with Crippen LogP contribution >= 0.6 is 23.2 Å². The molecule has 0 saturated heterocycles. The number of nitrogens with zero attached hydrogens (tertiary/aromatic N) is 1. The van der Waals surface area contributed by atoms with Gasteiger partial charge in [0.05, 0.1) is 16.1 Å². The van der Waals surface area contributed by atoms with Crippen LogP contribution in [0.4, 0.5) is 13.2 Å². The minimum absolute atomic E-state index is 0.0111. The summed E-state index contributed by atoms with van der Waals surface area (Å²) in [6, 6.07) is 11.9. The van der Waals surface area contributed by atoms with E-state index in [0.29, 0.717) is 11.1 Å². The lowest BCUT2D eigenvalue weighted by atomic mass is 9.77. The van der Waals surface area contributed by atoms with Gasteiger partial charge in [0, 0.05) is 18.0 Å². The monoisotopic (exact) mass is 539 g/mol. The van der Waals surface area contributed by atoms with Crippen LogP contribution in [-0.4, -0.2) is 26.9 Å². The number of carbonyl (C=O) groups is 1. The number of fused-ring (bicyclic) bond motifs is 1. The summed E-state index contributed by atoms with van der Waals surface area (Å²) in [4.78, 5) is 23.0. The van der Waals surface area contributed by atoms with Crippen molar-refractivity contribution in [2.75, 3.05) is 0 Å². The SMILES string of the molecule is CC(c1ccc(-c2ccc(C(=O)O)c(Cl)c2)cc1Cl)C(O)(c1ccc2c(c1)oc(=O)n2C)C(F)(F)F. The van der Waals surface area contributed by atoms with E-state index in [4.69, 9.17) is 32.7 Å². The molecule has 0 aliphatic heterocycles. The van der Waals surface area contributed by atoms with Crippen molar-refractivity contribution in [3.8, 4) is 11.1 Å². The molecule has 1 heterocycles. The summed E-state index contributed by atoms with van der Waals surface area (Å²) >= 11 is 12.4. The normalized spacial score (nSPS) is 14.6. The third-order valence-corrected chi connectivity index (χ3v) is 6.93. The Bertz CT molecular complexity index is 1560. The van der Waals surface area contributed by atoms with Crippen LogP contribution in [-0.2, 0) is 12.6 Å². The van der Waals surface area contributed by atoms with E-state index in [2.05, 4.69) is 0 Å². The highest BCUT2D eigenvalue weighted by Gasteiger charge is 2.59. The molecule has 4 aromatic rings. The highest BCUT2D eigenvalue weighted by Crippen LogP contribution is 2.50. The van der Waals surface area contributed by atoms with Crippen LogP contribution in [0.15, 0.2) is 63.8 Å². The van der Waals surface area contributed by atoms with Gasteiger partial charge in [-0.2, -0.15) is 13.2 Å². The van der Waals surface area contributed by atoms with Crippen LogP contribution < -0.4 is 5.76 Å². The van der Waals surface area contributed by atoms with Crippen molar-refractivity contribution < 1.29 is 32.6 Å². The number of hydrogen-bond acceptors (Lipinski definition) is 4. The first-order chi connectivity index (χ1) is 16.8. The van der Waals surface area contributed by atoms with E-state index in [1.54, 1.807) is 0 Å². The number of carboxylic acid groups (broad SMARTS) is 1. The first-order valence-electron chi connectivity index (χ1n) is 10.5. The van der Waals surface area contributed by atoms with Crippen molar-refractivity contribution in [2.24, 2.45) is 7.05 Å². The summed E-state index contributed by atoms with van der Waals surface area (Å²) in [6.45, 7) is 1.19. The number of rotatable bonds is 5. The third kappa shape index (κ3) is 4.17. The highest BCUT2D eigenvalue weighted by atomic mass is 35.5. The largest absolute Gasteiger partial charge is 0.478 e. The van der Waals surface area contributed by atoms with Crippen LogP contribution in [0, 0.1) is 0 Å². The number of carboxylic acids is 1. The minimum atomic E-state index is -5.11. The molecule has 0 radical (unpaired) electrons. The molecule has 188 valence electrons. The van der Waals surface area contributed by atoms with Crippen molar-refractivity contribution in [3.63, 3.8) is 0 Å². The van der Waals surface area contributed by atoms with Gasteiger partial charge in [0.1, 0.15) is 0 Å². The average molecular weight is 540 g/mol. The van der Waals surface area contributed by atoms with Crippen LogP contribution in [0.5, 0.6) is 0 Å². The fourth-order valence-electron chi connectivity index (χ4n) is 4.18. The van der Waals surface area contributed by atoms with E-state index in [9.17, 15) is 27.9 Å². The highest BCUT2D eigenvalue weighted by molar-refractivity contribution is 6.34. The zero-order valence-corrected chi connectivity index (χ0v) is 20.2. The molecule has 6 nitrogen and oxygen atoms in total. The van der Waals surface area contributed by atoms with E-state index in [-0.39, 0.29) is 32.3 Å². The standard InChI is InChI=1S/C25H18Cl2F3NO5/c1-12(16-6-3-13(9-18(16)26)14-4-7-17(22(32)33)19(27)10-14)24(35,25(28,29)30)15-5-8-20-21(11-15)36-23(34)31(20)2/h3-12,35H,1-2H3,(H,32,33). The lowest BCUT2D eigenvalue weighted by Gasteiger charge is -2.37. The van der Waals surface area contributed by atoms with Gasteiger partial charge in [0.2, 0.25) is 0 Å². The number of halogens is 5. The molecule has 36 heavy (non-hydrogen) atoms. The molecule has 1 aromatic heterocycles. The van der Waals surface area contributed by atoms with Crippen LogP contribution in [0.2, 0.25) is 10.0 Å². The number of benzene rings is 3. The second-order valence-corrected chi connectivity index (χ2v) is 9.15. The van der Waals surface area contributed by atoms with Crippen molar-refractivity contribution in [1.29, 1.82) is 0 Å². The fourth-order valence-corrected chi connectivity index (χ4v) is 4.79. The lowest BCUT2D eigenvalue weighted by molar-refractivity contribution is -0.274. The number of aromatic carboxylic acids is 1. The molecular formula is C25H18Cl2F3NO5. The molecule has 3 aromatic carbocycles. The summed E-state index contributed by atoms with van der Waals surface area (Å²) < 4.78 is 49.3. The summed E-state index contributed by atoms with van der Waals surface area (Å²) in [5.41, 5.74) is -2.80. The number of hydrogen-bond donors (Lipinski definition) is 2. The Kier molecular flexibility index (Phi) is 6.45. The molecule has 0 amide bonds. The topological polar surface area (TPSA) is 92.7 Å². The third-order valence-electron chi connectivity index (χ3n) is 6.29. The van der Waals surface area contributed by atoms with E-state index < -0.39 is 35.0 Å². The summed E-state index contributed by atoms with van der Waals surface area (Å²) in [5.74, 6) is -3.51. The minimum Gasteiger partial charge on any atom is -0.478 e. The number of oxazole rings is 1. The van der Waals surface area contributed by atoms with Gasteiger partial charge in [-0.05, 0) is 52.6 Å². The molecule has 0 fully saturated rings. The smallest absolute Gasteiger partial charge is 0.422 e. The number of aliphatic hydroxyl groups is 1. The Morgan fingerprint density at radius 3 is 2.17 bits per heavy atom. The number of alkyl halides is 3. The van der Waals surface area contributed by atoms with Crippen LogP contribution in [0.3, 0.4) is 0 Å². The average Bonchev–Trinajstić information content (AvgIpc) is 3.09. The molecule has 2 N–H and O–H groups in total. The molecule has 0 spiro atoms. The second kappa shape index (κ2) is 8.99. The maximum atomic E-state index is 14.4. The predicted molar refractivity (Wildman–Crippen MR) is 129 cm³/mol. The van der Waals surface area contributed by atoms with E-state index in [0.717, 1.165) is 16.7 Å². The van der Waals surface area contributed by atoms with Crippen molar-refractivity contribution >= 4 is 40.3 Å². The molecular weight excluding hydrogens is 522 g/mol. The van der Waals surface area contributed by atoms with E-state index in [1.807, 2.05) is 0 Å². The second-order valence-electron chi connectivity index (χ2n) is 8.33. The quantitative estimate of drug-likeness (QED) is 0.308. The van der Waals surface area contributed by atoms with E-state index in [1.165, 1.54) is 56.4 Å². The first kappa shape index (κ1) is 25.8. The molecule has 0 aliphatic carbocycles. The molecule has 11 heteroatoms. The number of aryl methyl sites for hydroxylation is 1. The Balaban J connectivity index is 1.78. The van der Waals surface area contributed by atoms with Gasteiger partial charge < -0.3 is 14.6 Å². The van der Waals surface area contributed by atoms with Crippen LogP contribution in [0.25, 0.3) is 22.2 Å². The van der Waals surface area contributed by atoms with Gasteiger partial charge in [-0.1, -0.05) is 54.4 Å². The fraction of sp³-hybridized carbons (Fsp3) is 0.200. The van der Waals surface area contributed by atoms with Gasteiger partial charge in [0.15, 0.2) is 11.2 Å².